The zero-order valence-corrected chi connectivity index (χ0v) is 29.5. The van der Waals surface area contributed by atoms with Crippen LogP contribution in [0.5, 0.6) is 5.75 Å². The molecule has 266 valence electrons. The fourth-order valence-electron chi connectivity index (χ4n) is 6.84. The van der Waals surface area contributed by atoms with E-state index in [1.807, 2.05) is 32.2 Å². The van der Waals surface area contributed by atoms with Gasteiger partial charge < -0.3 is 29.4 Å². The number of carbonyl (C=O) groups excluding carboxylic acids is 4. The topological polar surface area (TPSA) is 151 Å². The van der Waals surface area contributed by atoms with Crippen LogP contribution in [0.4, 0.5) is 5.69 Å². The molecule has 51 heavy (non-hydrogen) atoms. The molecular weight excluding hydrogens is 674 g/mol. The van der Waals surface area contributed by atoms with Gasteiger partial charge in [0.25, 0.3) is 5.91 Å². The third kappa shape index (κ3) is 7.61. The van der Waals surface area contributed by atoms with Crippen molar-refractivity contribution >= 4 is 58.0 Å². The van der Waals surface area contributed by atoms with E-state index in [4.69, 9.17) is 21.1 Å². The zero-order valence-electron chi connectivity index (χ0n) is 28.8. The van der Waals surface area contributed by atoms with E-state index in [1.54, 1.807) is 30.6 Å². The number of hydrogen-bond donors (Lipinski definition) is 2. The fourth-order valence-corrected chi connectivity index (χ4v) is 6.94. The highest BCUT2D eigenvalue weighted by atomic mass is 35.5. The van der Waals surface area contributed by atoms with Crippen molar-refractivity contribution < 1.29 is 33.4 Å². The lowest BCUT2D eigenvalue weighted by Gasteiger charge is -2.40. The summed E-state index contributed by atoms with van der Waals surface area (Å²) in [7, 11) is 3.16. The third-order valence-corrected chi connectivity index (χ3v) is 9.82. The summed E-state index contributed by atoms with van der Waals surface area (Å²) in [5, 5.41) is 7.52. The first-order valence-electron chi connectivity index (χ1n) is 17.0. The number of nitrogens with zero attached hydrogens (tertiary/aromatic N) is 3. The Bertz CT molecular complexity index is 2000. The lowest BCUT2D eigenvalue weighted by atomic mass is 9.75. The molecule has 0 bridgehead atoms. The Hall–Kier alpha value is -5.23. The minimum absolute atomic E-state index is 0.329. The number of rotatable bonds is 12. The second-order valence-electron chi connectivity index (χ2n) is 12.8. The molecule has 0 spiro atoms. The quantitative estimate of drug-likeness (QED) is 0.126. The largest absolute Gasteiger partial charge is 0.493 e. The first-order chi connectivity index (χ1) is 24.6. The highest BCUT2D eigenvalue weighted by molar-refractivity contribution is 6.30. The number of esters is 2. The Labute approximate surface area is 300 Å². The highest BCUT2D eigenvalue weighted by Gasteiger charge is 2.45. The third-order valence-electron chi connectivity index (χ3n) is 9.62. The van der Waals surface area contributed by atoms with Crippen LogP contribution in [0.15, 0.2) is 54.9 Å². The number of benzene rings is 2. The maximum atomic E-state index is 13.8. The second-order valence-corrected chi connectivity index (χ2v) is 13.2. The van der Waals surface area contributed by atoms with Gasteiger partial charge in [0, 0.05) is 59.3 Å². The monoisotopic (exact) mass is 713 g/mol. The van der Waals surface area contributed by atoms with Crippen LogP contribution < -0.4 is 15.4 Å². The molecule has 2 aromatic heterocycles. The van der Waals surface area contributed by atoms with E-state index in [0.717, 1.165) is 48.7 Å². The second kappa shape index (κ2) is 15.3. The van der Waals surface area contributed by atoms with Gasteiger partial charge in [-0.3, -0.25) is 9.59 Å². The molecule has 0 aliphatic heterocycles. The van der Waals surface area contributed by atoms with Crippen LogP contribution in [0.25, 0.3) is 28.5 Å². The number of amides is 2. The van der Waals surface area contributed by atoms with Crippen molar-refractivity contribution in [1.29, 1.82) is 0 Å². The summed E-state index contributed by atoms with van der Waals surface area (Å²) in [4.78, 5) is 59.9. The van der Waals surface area contributed by atoms with E-state index in [-0.39, 0.29) is 11.8 Å². The van der Waals surface area contributed by atoms with Crippen LogP contribution in [-0.2, 0) is 30.9 Å². The summed E-state index contributed by atoms with van der Waals surface area (Å²) < 4.78 is 17.1. The Balaban J connectivity index is 1.20. The summed E-state index contributed by atoms with van der Waals surface area (Å²) in [6.07, 6.45) is 12.1. The van der Waals surface area contributed by atoms with Gasteiger partial charge in [0.05, 0.1) is 24.4 Å². The van der Waals surface area contributed by atoms with E-state index < -0.39 is 24.1 Å². The molecule has 2 aliphatic carbocycles. The van der Waals surface area contributed by atoms with Gasteiger partial charge in [0.1, 0.15) is 11.3 Å². The van der Waals surface area contributed by atoms with Gasteiger partial charge in [-0.05, 0) is 80.9 Å². The molecule has 2 heterocycles. The van der Waals surface area contributed by atoms with Crippen LogP contribution in [-0.4, -0.2) is 64.2 Å². The van der Waals surface area contributed by atoms with Crippen molar-refractivity contribution in [3.8, 4) is 17.3 Å². The smallest absolute Gasteiger partial charge is 0.344 e. The first kappa shape index (κ1) is 35.6. The van der Waals surface area contributed by atoms with Crippen molar-refractivity contribution in [2.75, 3.05) is 25.6 Å². The number of hydrogen-bond acceptors (Lipinski definition) is 9. The number of aromatic nitrogens is 3. The molecule has 0 unspecified atom stereocenters. The summed E-state index contributed by atoms with van der Waals surface area (Å²) in [5.74, 6) is -0.677. The van der Waals surface area contributed by atoms with Crippen LogP contribution in [0.1, 0.15) is 79.3 Å². The molecule has 2 saturated carbocycles. The SMILES string of the molecule is CCOc1cc(NC(=O)C2(NC(=O)c3ccc4c(C5CCCC5)c(-c5ncc(Cl)cn5)n(C)c4c3)CCC2)ccc1/C=C/C(=O)OCC(=O)OC. The van der Waals surface area contributed by atoms with E-state index in [9.17, 15) is 19.2 Å². The van der Waals surface area contributed by atoms with Crippen molar-refractivity contribution in [2.45, 2.75) is 63.3 Å². The minimum atomic E-state index is -1.08. The number of carbonyl (C=O) groups is 4. The average Bonchev–Trinajstić information content (AvgIpc) is 3.74. The number of fused-ring (bicyclic) bond motifs is 1. The normalized spacial score (nSPS) is 15.4. The number of nitrogens with one attached hydrogen (secondary N) is 2. The molecular formula is C38H40ClN5O7. The van der Waals surface area contributed by atoms with E-state index in [0.29, 0.717) is 58.8 Å². The first-order valence-corrected chi connectivity index (χ1v) is 17.4. The van der Waals surface area contributed by atoms with Crippen molar-refractivity contribution in [3.05, 3.63) is 76.6 Å². The summed E-state index contributed by atoms with van der Waals surface area (Å²) in [5.41, 5.74) is 3.41. The lowest BCUT2D eigenvalue weighted by molar-refractivity contribution is -0.154. The number of ether oxygens (including phenoxy) is 3. The van der Waals surface area contributed by atoms with Gasteiger partial charge in [0.15, 0.2) is 12.4 Å². The van der Waals surface area contributed by atoms with Gasteiger partial charge in [0.2, 0.25) is 5.91 Å². The standard InChI is InChI=1S/C38H40ClN5O7/c1-4-50-30-19-27(13-10-23(30)12-15-31(45)51-22-32(46)49-3)42-37(48)38(16-7-17-38)43-36(47)25-11-14-28-29(18-25)44(2)34(33(28)24-8-5-6-9-24)35-40-20-26(39)21-41-35/h10-15,18-21,24H,4-9,16-17,22H2,1-3H3,(H,42,48)(H,43,47)/b15-12+. The Kier molecular flexibility index (Phi) is 10.7. The fraction of sp³-hybridized carbons (Fsp3) is 0.368. The summed E-state index contributed by atoms with van der Waals surface area (Å²) in [6.45, 7) is 1.66. The Morgan fingerprint density at radius 1 is 1.04 bits per heavy atom. The molecule has 2 fully saturated rings. The molecule has 12 nitrogen and oxygen atoms in total. The Morgan fingerprint density at radius 3 is 2.45 bits per heavy atom. The van der Waals surface area contributed by atoms with Gasteiger partial charge in [-0.15, -0.1) is 0 Å². The molecule has 2 N–H and O–H groups in total. The molecule has 2 amide bonds. The maximum absolute atomic E-state index is 13.8. The van der Waals surface area contributed by atoms with E-state index in [1.165, 1.54) is 24.8 Å². The molecule has 2 aliphatic rings. The van der Waals surface area contributed by atoms with Crippen LogP contribution in [0.2, 0.25) is 5.02 Å². The molecule has 0 radical (unpaired) electrons. The van der Waals surface area contributed by atoms with E-state index in [2.05, 4.69) is 29.9 Å². The van der Waals surface area contributed by atoms with Crippen molar-refractivity contribution in [1.82, 2.24) is 19.9 Å². The van der Waals surface area contributed by atoms with Gasteiger partial charge in [-0.1, -0.05) is 30.5 Å². The molecule has 0 atom stereocenters. The number of anilines is 1. The lowest BCUT2D eigenvalue weighted by Crippen LogP contribution is -2.61. The zero-order chi connectivity index (χ0) is 36.1. The molecule has 6 rings (SSSR count). The maximum Gasteiger partial charge on any atom is 0.344 e. The highest BCUT2D eigenvalue weighted by Crippen LogP contribution is 2.44. The number of aryl methyl sites for hydroxylation is 1. The van der Waals surface area contributed by atoms with Crippen molar-refractivity contribution in [2.24, 2.45) is 7.05 Å². The van der Waals surface area contributed by atoms with Gasteiger partial charge in [-0.2, -0.15) is 0 Å². The number of halogens is 1. The van der Waals surface area contributed by atoms with Crippen molar-refractivity contribution in [3.63, 3.8) is 0 Å². The predicted octanol–water partition coefficient (Wildman–Crippen LogP) is 6.37. The van der Waals surface area contributed by atoms with Crippen LogP contribution >= 0.6 is 11.6 Å². The summed E-state index contributed by atoms with van der Waals surface area (Å²) >= 11 is 6.11. The molecule has 0 saturated heterocycles. The molecule has 4 aromatic rings. The van der Waals surface area contributed by atoms with Crippen LogP contribution in [0, 0.1) is 0 Å². The average molecular weight is 714 g/mol. The van der Waals surface area contributed by atoms with Gasteiger partial charge >= 0.3 is 11.9 Å². The predicted molar refractivity (Wildman–Crippen MR) is 192 cm³/mol. The number of methoxy groups -OCH3 is 1. The minimum Gasteiger partial charge on any atom is -0.493 e. The molecule has 13 heteroatoms. The molecule has 2 aromatic carbocycles. The van der Waals surface area contributed by atoms with Gasteiger partial charge in [-0.25, -0.2) is 19.6 Å². The van der Waals surface area contributed by atoms with E-state index >= 15 is 0 Å². The Morgan fingerprint density at radius 2 is 1.78 bits per heavy atom. The van der Waals surface area contributed by atoms with Crippen LogP contribution in [0.3, 0.4) is 0 Å². The summed E-state index contributed by atoms with van der Waals surface area (Å²) in [6, 6.07) is 10.7.